The van der Waals surface area contributed by atoms with Crippen molar-refractivity contribution in [2.75, 3.05) is 32.8 Å². The molecule has 3 aliphatic heterocycles. The van der Waals surface area contributed by atoms with Gasteiger partial charge in [0.1, 0.15) is 17.1 Å². The zero-order valence-electron chi connectivity index (χ0n) is 23.0. The normalized spacial score (nSPS) is 27.7. The summed E-state index contributed by atoms with van der Waals surface area (Å²) in [5, 5.41) is 0. The summed E-state index contributed by atoms with van der Waals surface area (Å²) in [5.41, 5.74) is 9.13. The van der Waals surface area contributed by atoms with Crippen molar-refractivity contribution in [2.24, 2.45) is 28.9 Å². The van der Waals surface area contributed by atoms with Gasteiger partial charge in [-0.15, -0.1) is 0 Å². The number of carbonyl (C=O) groups is 1. The molecule has 6 heteroatoms. The Hall–Kier alpha value is -2.73. The van der Waals surface area contributed by atoms with Crippen molar-refractivity contribution in [3.8, 4) is 22.6 Å². The van der Waals surface area contributed by atoms with E-state index in [0.29, 0.717) is 25.0 Å². The molecular formula is C31H42N2O4. The lowest BCUT2D eigenvalue weighted by atomic mass is 9.60. The van der Waals surface area contributed by atoms with Crippen molar-refractivity contribution in [3.63, 3.8) is 0 Å². The number of ether oxygens (including phenoxy) is 3. The second-order valence-corrected chi connectivity index (χ2v) is 12.1. The predicted octanol–water partition coefficient (Wildman–Crippen LogP) is 6.00. The molecule has 3 heterocycles. The topological polar surface area (TPSA) is 74.0 Å². The van der Waals surface area contributed by atoms with E-state index in [1.54, 1.807) is 0 Å². The first-order valence-corrected chi connectivity index (χ1v) is 13.9. The minimum absolute atomic E-state index is 0.205. The quantitative estimate of drug-likeness (QED) is 0.475. The number of hydrogen-bond donors (Lipinski definition) is 1. The molecule has 0 radical (unpaired) electrons. The number of benzene rings is 2. The van der Waals surface area contributed by atoms with E-state index in [-0.39, 0.29) is 11.3 Å². The van der Waals surface area contributed by atoms with E-state index in [2.05, 4.69) is 56.9 Å². The first-order valence-electron chi connectivity index (χ1n) is 13.9. The number of hydrogen-bond acceptors (Lipinski definition) is 5. The van der Waals surface area contributed by atoms with E-state index in [1.165, 1.54) is 5.56 Å². The summed E-state index contributed by atoms with van der Waals surface area (Å²) in [7, 11) is 0. The first-order chi connectivity index (χ1) is 17.6. The summed E-state index contributed by atoms with van der Waals surface area (Å²) in [6.45, 7) is 15.2. The molecule has 1 aliphatic carbocycles. The van der Waals surface area contributed by atoms with Crippen LogP contribution in [0.2, 0.25) is 0 Å². The summed E-state index contributed by atoms with van der Waals surface area (Å²) in [5.74, 6) is 2.88. The van der Waals surface area contributed by atoms with Crippen LogP contribution < -0.4 is 15.2 Å². The molecule has 6 nitrogen and oxygen atoms in total. The summed E-state index contributed by atoms with van der Waals surface area (Å²) in [6.07, 6.45) is 2.40. The van der Waals surface area contributed by atoms with Gasteiger partial charge in [0.15, 0.2) is 0 Å². The Morgan fingerprint density at radius 2 is 1.81 bits per heavy atom. The van der Waals surface area contributed by atoms with Crippen LogP contribution in [0.1, 0.15) is 58.6 Å². The van der Waals surface area contributed by atoms with Crippen LogP contribution in [-0.2, 0) is 16.8 Å². The molecule has 2 aromatic carbocycles. The molecule has 6 rings (SSSR count). The van der Waals surface area contributed by atoms with Gasteiger partial charge in [-0.1, -0.05) is 39.8 Å². The van der Waals surface area contributed by atoms with E-state index >= 15 is 0 Å². The maximum absolute atomic E-state index is 12.5. The fourth-order valence-corrected chi connectivity index (χ4v) is 7.14. The summed E-state index contributed by atoms with van der Waals surface area (Å²) < 4.78 is 18.4. The zero-order valence-corrected chi connectivity index (χ0v) is 23.0. The highest BCUT2D eigenvalue weighted by molar-refractivity contribution is 5.74. The molecule has 0 saturated carbocycles. The Bertz CT molecular complexity index is 1130. The third-order valence-electron chi connectivity index (χ3n) is 8.73. The van der Waals surface area contributed by atoms with Gasteiger partial charge in [0, 0.05) is 29.0 Å². The highest BCUT2D eigenvalue weighted by atomic mass is 16.6. The van der Waals surface area contributed by atoms with Crippen molar-refractivity contribution in [1.82, 2.24) is 4.90 Å². The Morgan fingerprint density at radius 3 is 2.38 bits per heavy atom. The average Bonchev–Trinajstić information content (AvgIpc) is 3.09. The van der Waals surface area contributed by atoms with E-state index in [1.807, 2.05) is 19.1 Å². The summed E-state index contributed by atoms with van der Waals surface area (Å²) >= 11 is 0. The zero-order chi connectivity index (χ0) is 26.4. The average molecular weight is 507 g/mol. The number of rotatable bonds is 8. The standard InChI is InChI=1S/C31H42N2O4/c1-6-35-28-16-26-23(15-25(28)21-7-9-24(10-8-21)36-19-20(2)3)17-30(4,5)31(26,37-29(32)34)27-18-33-13-11-22(27)12-14-33/h7-10,15-16,20,22,27H,6,11-14,17-19H2,1-5H3,(H2,32,34)/t27-,31-/m1/s1. The fraction of sp³-hybridized carbons (Fsp3) is 0.581. The number of primary amides is 1. The minimum Gasteiger partial charge on any atom is -0.493 e. The van der Waals surface area contributed by atoms with E-state index in [4.69, 9.17) is 19.9 Å². The molecule has 2 bridgehead atoms. The number of nitrogens with zero attached hydrogens (tertiary/aromatic N) is 1. The molecule has 1 amide bonds. The Morgan fingerprint density at radius 1 is 1.11 bits per heavy atom. The van der Waals surface area contributed by atoms with Crippen molar-refractivity contribution >= 4 is 6.09 Å². The van der Waals surface area contributed by atoms with Gasteiger partial charge >= 0.3 is 6.09 Å². The molecule has 0 aromatic heterocycles. The van der Waals surface area contributed by atoms with Gasteiger partial charge in [0.2, 0.25) is 0 Å². The number of amides is 1. The van der Waals surface area contributed by atoms with Crippen molar-refractivity contribution < 1.29 is 19.0 Å². The van der Waals surface area contributed by atoms with E-state index in [0.717, 1.165) is 67.1 Å². The third kappa shape index (κ3) is 4.58. The van der Waals surface area contributed by atoms with Crippen LogP contribution in [0.5, 0.6) is 11.5 Å². The molecule has 3 saturated heterocycles. The molecule has 3 fully saturated rings. The van der Waals surface area contributed by atoms with Crippen LogP contribution in [0.25, 0.3) is 11.1 Å². The van der Waals surface area contributed by atoms with Gasteiger partial charge in [-0.05, 0) is 86.5 Å². The molecule has 200 valence electrons. The van der Waals surface area contributed by atoms with Gasteiger partial charge < -0.3 is 24.8 Å². The predicted molar refractivity (Wildman–Crippen MR) is 146 cm³/mol. The van der Waals surface area contributed by atoms with Gasteiger partial charge in [-0.2, -0.15) is 0 Å². The largest absolute Gasteiger partial charge is 0.493 e. The lowest BCUT2D eigenvalue weighted by Gasteiger charge is -2.55. The molecule has 2 atom stereocenters. The Balaban J connectivity index is 1.60. The molecule has 0 unspecified atom stereocenters. The first kappa shape index (κ1) is 25.9. The summed E-state index contributed by atoms with van der Waals surface area (Å²) in [4.78, 5) is 15.0. The van der Waals surface area contributed by atoms with Gasteiger partial charge in [-0.3, -0.25) is 0 Å². The van der Waals surface area contributed by atoms with Crippen LogP contribution >= 0.6 is 0 Å². The maximum atomic E-state index is 12.5. The lowest BCUT2D eigenvalue weighted by Crippen LogP contribution is -2.60. The SMILES string of the molecule is CCOc1cc2c(cc1-c1ccc(OCC(C)C)cc1)CC(C)(C)[C@]2(OC(N)=O)[C@@H]1CN2CCC1CC2. The Kier molecular flexibility index (Phi) is 6.90. The van der Waals surface area contributed by atoms with Gasteiger partial charge in [0.05, 0.1) is 13.2 Å². The van der Waals surface area contributed by atoms with Crippen LogP contribution in [0.4, 0.5) is 4.79 Å². The monoisotopic (exact) mass is 506 g/mol. The number of fused-ring (bicyclic) bond motifs is 4. The third-order valence-corrected chi connectivity index (χ3v) is 8.73. The highest BCUT2D eigenvalue weighted by Gasteiger charge is 2.63. The highest BCUT2D eigenvalue weighted by Crippen LogP contribution is 2.61. The number of piperidine rings is 3. The smallest absolute Gasteiger partial charge is 0.405 e. The molecule has 0 spiro atoms. The Labute approximate surface area is 221 Å². The number of nitrogens with two attached hydrogens (primary N) is 1. The molecule has 2 aromatic rings. The summed E-state index contributed by atoms with van der Waals surface area (Å²) in [6, 6.07) is 12.6. The van der Waals surface area contributed by atoms with Crippen molar-refractivity contribution in [1.29, 1.82) is 0 Å². The van der Waals surface area contributed by atoms with Gasteiger partial charge in [0.25, 0.3) is 0 Å². The maximum Gasteiger partial charge on any atom is 0.405 e. The van der Waals surface area contributed by atoms with Crippen molar-refractivity contribution in [3.05, 3.63) is 47.5 Å². The van der Waals surface area contributed by atoms with Gasteiger partial charge in [-0.25, -0.2) is 4.79 Å². The molecule has 37 heavy (non-hydrogen) atoms. The van der Waals surface area contributed by atoms with Crippen LogP contribution in [0.15, 0.2) is 36.4 Å². The van der Waals surface area contributed by atoms with Crippen LogP contribution in [-0.4, -0.2) is 43.8 Å². The molecule has 2 N–H and O–H groups in total. The molecular weight excluding hydrogens is 464 g/mol. The second-order valence-electron chi connectivity index (χ2n) is 12.1. The molecule has 4 aliphatic rings. The minimum atomic E-state index is -0.781. The van der Waals surface area contributed by atoms with Crippen LogP contribution in [0.3, 0.4) is 0 Å². The second kappa shape index (κ2) is 9.86. The number of carbonyl (C=O) groups excluding carboxylic acids is 1. The lowest BCUT2D eigenvalue weighted by molar-refractivity contribution is -0.157. The van der Waals surface area contributed by atoms with Crippen LogP contribution in [0, 0.1) is 23.2 Å². The fourth-order valence-electron chi connectivity index (χ4n) is 7.14. The van der Waals surface area contributed by atoms with E-state index in [9.17, 15) is 4.79 Å². The van der Waals surface area contributed by atoms with Crippen molar-refractivity contribution in [2.45, 2.75) is 59.5 Å². The van der Waals surface area contributed by atoms with E-state index < -0.39 is 11.7 Å².